The fraction of sp³-hybridized carbons (Fsp3) is 0.0476. The van der Waals surface area contributed by atoms with E-state index in [1.54, 1.807) is 0 Å². The zero-order valence-electron chi connectivity index (χ0n) is 13.4. The van der Waals surface area contributed by atoms with Gasteiger partial charge in [-0.25, -0.2) is 4.57 Å². The predicted octanol–water partition coefficient (Wildman–Crippen LogP) is 4.56. The molecule has 0 unspecified atom stereocenters. The van der Waals surface area contributed by atoms with Crippen molar-refractivity contribution in [2.75, 3.05) is 0 Å². The van der Waals surface area contributed by atoms with Crippen LogP contribution >= 0.6 is 11.3 Å². The molecule has 1 aliphatic heterocycles. The first-order valence-electron chi connectivity index (χ1n) is 8.36. The number of imidazole rings is 1. The van der Waals surface area contributed by atoms with Crippen LogP contribution in [0.5, 0.6) is 0 Å². The van der Waals surface area contributed by atoms with Gasteiger partial charge in [-0.2, -0.15) is 4.57 Å². The maximum absolute atomic E-state index is 4.38. The Morgan fingerprint density at radius 2 is 1.80 bits per heavy atom. The molecule has 0 spiro atoms. The standard InChI is InChI=1S/C21H14N3S/c1-2-7-15(8-3-1)24-20-16-9-5-4-6-14(16)13-23(20)19-17-12-22-11-10-18(17)25-21(19)24/h1-12H,13H2/q+1. The van der Waals surface area contributed by atoms with E-state index in [-0.39, 0.29) is 0 Å². The molecule has 4 heterocycles. The average Bonchev–Trinajstić information content (AvgIpc) is 3.29. The highest BCUT2D eigenvalue weighted by Gasteiger charge is 2.36. The van der Waals surface area contributed by atoms with Crippen LogP contribution in [0, 0.1) is 0 Å². The van der Waals surface area contributed by atoms with Gasteiger partial charge in [-0.3, -0.25) is 4.98 Å². The number of benzene rings is 2. The molecule has 0 bridgehead atoms. The largest absolute Gasteiger partial charge is 0.296 e. The number of fused-ring (bicyclic) bond motifs is 7. The second-order valence-corrected chi connectivity index (χ2v) is 7.40. The van der Waals surface area contributed by atoms with Crippen molar-refractivity contribution in [3.63, 3.8) is 0 Å². The normalized spacial score (nSPS) is 12.6. The van der Waals surface area contributed by atoms with Gasteiger partial charge >= 0.3 is 0 Å². The van der Waals surface area contributed by atoms with Crippen molar-refractivity contribution in [3.05, 3.63) is 78.6 Å². The van der Waals surface area contributed by atoms with Gasteiger partial charge in [0.2, 0.25) is 4.83 Å². The van der Waals surface area contributed by atoms with E-state index in [1.807, 2.05) is 23.7 Å². The van der Waals surface area contributed by atoms with Crippen LogP contribution in [0.2, 0.25) is 0 Å². The van der Waals surface area contributed by atoms with E-state index in [4.69, 9.17) is 0 Å². The first-order chi connectivity index (χ1) is 12.4. The number of rotatable bonds is 1. The number of para-hydroxylation sites is 1. The van der Waals surface area contributed by atoms with Crippen molar-refractivity contribution in [1.82, 2.24) is 9.55 Å². The van der Waals surface area contributed by atoms with Crippen LogP contribution in [0.1, 0.15) is 5.56 Å². The van der Waals surface area contributed by atoms with Crippen LogP contribution in [0.3, 0.4) is 0 Å². The van der Waals surface area contributed by atoms with E-state index in [0.717, 1.165) is 6.54 Å². The highest BCUT2D eigenvalue weighted by Crippen LogP contribution is 2.40. The van der Waals surface area contributed by atoms with Gasteiger partial charge in [-0.05, 0) is 24.3 Å². The van der Waals surface area contributed by atoms with Crippen LogP contribution < -0.4 is 4.57 Å². The number of pyridine rings is 1. The Hall–Kier alpha value is -2.98. The molecule has 0 N–H and O–H groups in total. The minimum absolute atomic E-state index is 0.919. The molecule has 3 nitrogen and oxygen atoms in total. The molecule has 6 rings (SSSR count). The van der Waals surface area contributed by atoms with Gasteiger partial charge in [-0.1, -0.05) is 47.7 Å². The lowest BCUT2D eigenvalue weighted by molar-refractivity contribution is -0.645. The SMILES string of the molecule is c1ccc(-n2c3[n+](c4c5cnccc5sc42)Cc2ccccc2-3)cc1. The highest BCUT2D eigenvalue weighted by atomic mass is 32.1. The second kappa shape index (κ2) is 4.77. The maximum Gasteiger partial charge on any atom is 0.296 e. The predicted molar refractivity (Wildman–Crippen MR) is 101 cm³/mol. The fourth-order valence-electron chi connectivity index (χ4n) is 3.93. The second-order valence-electron chi connectivity index (χ2n) is 6.37. The first-order valence-corrected chi connectivity index (χ1v) is 9.18. The molecule has 2 aromatic carbocycles. The van der Waals surface area contributed by atoms with Crippen LogP contribution in [-0.4, -0.2) is 9.55 Å². The monoisotopic (exact) mass is 340 g/mol. The van der Waals surface area contributed by atoms with Crippen molar-refractivity contribution in [1.29, 1.82) is 0 Å². The molecule has 0 aliphatic carbocycles. The number of hydrogen-bond acceptors (Lipinski definition) is 2. The lowest BCUT2D eigenvalue weighted by atomic mass is 10.1. The summed E-state index contributed by atoms with van der Waals surface area (Å²) in [6.45, 7) is 0.919. The third kappa shape index (κ3) is 1.69. The van der Waals surface area contributed by atoms with Gasteiger partial charge in [0.05, 0.1) is 10.9 Å². The molecule has 0 atom stereocenters. The molecule has 0 fully saturated rings. The third-order valence-electron chi connectivity index (χ3n) is 4.99. The minimum Gasteiger partial charge on any atom is -0.264 e. The van der Waals surface area contributed by atoms with E-state index in [1.165, 1.54) is 43.1 Å². The van der Waals surface area contributed by atoms with Gasteiger partial charge in [0.25, 0.3) is 5.82 Å². The van der Waals surface area contributed by atoms with E-state index in [2.05, 4.69) is 74.8 Å². The van der Waals surface area contributed by atoms with Crippen LogP contribution in [-0.2, 0) is 6.54 Å². The molecule has 3 aromatic heterocycles. The van der Waals surface area contributed by atoms with Crippen molar-refractivity contribution < 1.29 is 4.57 Å². The van der Waals surface area contributed by atoms with Crippen molar-refractivity contribution >= 4 is 31.8 Å². The van der Waals surface area contributed by atoms with Gasteiger partial charge in [0.1, 0.15) is 12.2 Å². The first kappa shape index (κ1) is 13.3. The summed E-state index contributed by atoms with van der Waals surface area (Å²) in [5.41, 5.74) is 5.21. The summed E-state index contributed by atoms with van der Waals surface area (Å²) >= 11 is 1.84. The molecule has 1 aliphatic rings. The Bertz CT molecular complexity index is 1260. The van der Waals surface area contributed by atoms with Gasteiger partial charge in [0, 0.05) is 22.7 Å². The van der Waals surface area contributed by atoms with Gasteiger partial charge in [0.15, 0.2) is 5.52 Å². The Morgan fingerprint density at radius 3 is 2.72 bits per heavy atom. The molecule has 0 saturated carbocycles. The number of hydrogen-bond donors (Lipinski definition) is 0. The molecule has 0 radical (unpaired) electrons. The Kier molecular flexibility index (Phi) is 2.54. The summed E-state index contributed by atoms with van der Waals surface area (Å²) in [5, 5.41) is 1.24. The van der Waals surface area contributed by atoms with E-state index in [9.17, 15) is 0 Å². The van der Waals surface area contributed by atoms with Crippen molar-refractivity contribution in [2.24, 2.45) is 0 Å². The summed E-state index contributed by atoms with van der Waals surface area (Å²) in [5.74, 6) is 1.27. The van der Waals surface area contributed by atoms with Crippen LogP contribution in [0.4, 0.5) is 0 Å². The molecule has 5 aromatic rings. The number of thiophene rings is 1. The molecule has 4 heteroatoms. The molecular weight excluding hydrogens is 326 g/mol. The smallest absolute Gasteiger partial charge is 0.264 e. The zero-order valence-corrected chi connectivity index (χ0v) is 14.2. The summed E-state index contributed by atoms with van der Waals surface area (Å²) in [7, 11) is 0. The average molecular weight is 340 g/mol. The summed E-state index contributed by atoms with van der Waals surface area (Å²) in [6.07, 6.45) is 3.88. The molecule has 25 heavy (non-hydrogen) atoms. The summed E-state index contributed by atoms with van der Waals surface area (Å²) in [6, 6.07) is 21.5. The topological polar surface area (TPSA) is 21.7 Å². The Labute approximate surface area is 148 Å². The van der Waals surface area contributed by atoms with E-state index in [0.29, 0.717) is 0 Å². The van der Waals surface area contributed by atoms with Gasteiger partial charge in [-0.15, -0.1) is 0 Å². The molecule has 118 valence electrons. The summed E-state index contributed by atoms with van der Waals surface area (Å²) in [4.78, 5) is 5.67. The minimum atomic E-state index is 0.919. The maximum atomic E-state index is 4.38. The highest BCUT2D eigenvalue weighted by molar-refractivity contribution is 7.25. The molecule has 0 amide bonds. The fourth-order valence-corrected chi connectivity index (χ4v) is 5.13. The lowest BCUT2D eigenvalue weighted by Crippen LogP contribution is -2.31. The quantitative estimate of drug-likeness (QED) is 0.402. The molecule has 0 saturated heterocycles. The van der Waals surface area contributed by atoms with E-state index >= 15 is 0 Å². The van der Waals surface area contributed by atoms with Crippen LogP contribution in [0.15, 0.2) is 73.1 Å². The van der Waals surface area contributed by atoms with Gasteiger partial charge < -0.3 is 0 Å². The van der Waals surface area contributed by atoms with Crippen LogP contribution in [0.25, 0.3) is 37.5 Å². The van der Waals surface area contributed by atoms with E-state index < -0.39 is 0 Å². The van der Waals surface area contributed by atoms with Crippen molar-refractivity contribution in [2.45, 2.75) is 6.54 Å². The third-order valence-corrected chi connectivity index (χ3v) is 6.13. The van der Waals surface area contributed by atoms with Crippen molar-refractivity contribution in [3.8, 4) is 17.1 Å². The Morgan fingerprint density at radius 1 is 0.960 bits per heavy atom. The Balaban J connectivity index is 1.83. The number of aromatic nitrogens is 3. The molecular formula is C21H14N3S+. The summed E-state index contributed by atoms with van der Waals surface area (Å²) < 4.78 is 6.15. The zero-order chi connectivity index (χ0) is 16.4. The lowest BCUT2D eigenvalue weighted by Gasteiger charge is -2.00. The number of nitrogens with zero attached hydrogens (tertiary/aromatic N) is 3.